The van der Waals surface area contributed by atoms with E-state index >= 15 is 0 Å². The smallest absolute Gasteiger partial charge is 0.251 e. The zero-order chi connectivity index (χ0) is 18.2. The molecule has 1 unspecified atom stereocenters. The summed E-state index contributed by atoms with van der Waals surface area (Å²) in [4.78, 5) is 25.4. The Balaban J connectivity index is 1.95. The first-order chi connectivity index (χ1) is 12.0. The van der Waals surface area contributed by atoms with Gasteiger partial charge in [0.25, 0.3) is 5.91 Å². The Morgan fingerprint density at radius 2 is 1.60 bits per heavy atom. The predicted molar refractivity (Wildman–Crippen MR) is 99.2 cm³/mol. The molecule has 0 aromatic heterocycles. The Labute approximate surface area is 149 Å². The van der Waals surface area contributed by atoms with Gasteiger partial charge in [-0.1, -0.05) is 42.5 Å². The molecule has 0 aliphatic heterocycles. The maximum absolute atomic E-state index is 12.4. The van der Waals surface area contributed by atoms with Crippen LogP contribution in [0.4, 0.5) is 0 Å². The minimum atomic E-state index is -0.103. The highest BCUT2D eigenvalue weighted by atomic mass is 16.2. The monoisotopic (exact) mass is 339 g/mol. The van der Waals surface area contributed by atoms with E-state index in [1.165, 1.54) is 12.5 Å². The second kappa shape index (κ2) is 8.99. The lowest BCUT2D eigenvalue weighted by Gasteiger charge is -2.25. The number of hydrogen-bond acceptors (Lipinski definition) is 3. The molecule has 5 nitrogen and oxygen atoms in total. The van der Waals surface area contributed by atoms with Crippen molar-refractivity contribution in [2.45, 2.75) is 19.5 Å². The zero-order valence-electron chi connectivity index (χ0n) is 15.0. The first kappa shape index (κ1) is 18.7. The molecule has 0 bridgehead atoms. The third-order valence-corrected chi connectivity index (χ3v) is 4.02. The fourth-order valence-corrected chi connectivity index (χ4v) is 2.57. The predicted octanol–water partition coefficient (Wildman–Crippen LogP) is 2.36. The van der Waals surface area contributed by atoms with Gasteiger partial charge in [-0.2, -0.15) is 0 Å². The van der Waals surface area contributed by atoms with Crippen LogP contribution in [-0.2, 0) is 11.3 Å². The van der Waals surface area contributed by atoms with Crippen molar-refractivity contribution in [3.63, 3.8) is 0 Å². The molecule has 2 aromatic rings. The van der Waals surface area contributed by atoms with Gasteiger partial charge < -0.3 is 15.5 Å². The number of nitrogens with zero attached hydrogens (tertiary/aromatic N) is 1. The van der Waals surface area contributed by atoms with Crippen LogP contribution in [0.2, 0.25) is 0 Å². The fraction of sp³-hybridized carbons (Fsp3) is 0.300. The normalized spacial score (nSPS) is 11.8. The SMILES string of the molecule is CC(=O)NCc1ccc(C(=O)NCC(c2ccccc2)N(C)C)cc1. The van der Waals surface area contributed by atoms with Gasteiger partial charge in [-0.15, -0.1) is 0 Å². The number of rotatable bonds is 7. The highest BCUT2D eigenvalue weighted by Crippen LogP contribution is 2.17. The number of carbonyl (C=O) groups is 2. The fourth-order valence-electron chi connectivity index (χ4n) is 2.57. The molecular formula is C20H25N3O2. The van der Waals surface area contributed by atoms with Gasteiger partial charge in [-0.25, -0.2) is 0 Å². The lowest BCUT2D eigenvalue weighted by atomic mass is 10.1. The van der Waals surface area contributed by atoms with Gasteiger partial charge in [0.2, 0.25) is 5.91 Å². The topological polar surface area (TPSA) is 61.4 Å². The van der Waals surface area contributed by atoms with Crippen molar-refractivity contribution in [3.05, 3.63) is 71.3 Å². The molecule has 0 aliphatic rings. The number of likely N-dealkylation sites (N-methyl/N-ethyl adjacent to an activating group) is 1. The molecule has 0 spiro atoms. The van der Waals surface area contributed by atoms with Crippen LogP contribution in [0, 0.1) is 0 Å². The average molecular weight is 339 g/mol. The van der Waals surface area contributed by atoms with Crippen molar-refractivity contribution in [1.82, 2.24) is 15.5 Å². The van der Waals surface area contributed by atoms with Crippen molar-refractivity contribution >= 4 is 11.8 Å². The lowest BCUT2D eigenvalue weighted by Crippen LogP contribution is -2.34. The summed E-state index contributed by atoms with van der Waals surface area (Å²) in [5.41, 5.74) is 2.73. The Bertz CT molecular complexity index is 697. The molecule has 2 amide bonds. The summed E-state index contributed by atoms with van der Waals surface area (Å²) in [5.74, 6) is -0.175. The molecule has 1 atom stereocenters. The molecule has 2 aromatic carbocycles. The summed E-state index contributed by atoms with van der Waals surface area (Å²) in [6, 6.07) is 17.5. The molecule has 0 heterocycles. The highest BCUT2D eigenvalue weighted by molar-refractivity contribution is 5.94. The van der Waals surface area contributed by atoms with Crippen LogP contribution in [0.25, 0.3) is 0 Å². The highest BCUT2D eigenvalue weighted by Gasteiger charge is 2.15. The van der Waals surface area contributed by atoms with E-state index in [1.807, 2.05) is 44.4 Å². The van der Waals surface area contributed by atoms with Gasteiger partial charge in [0.1, 0.15) is 0 Å². The van der Waals surface area contributed by atoms with Crippen LogP contribution in [0.15, 0.2) is 54.6 Å². The molecule has 0 radical (unpaired) electrons. The van der Waals surface area contributed by atoms with Crippen molar-refractivity contribution in [3.8, 4) is 0 Å². The molecule has 2 rings (SSSR count). The Kier molecular flexibility index (Phi) is 6.71. The summed E-state index contributed by atoms with van der Waals surface area (Å²) in [6.45, 7) is 2.48. The van der Waals surface area contributed by atoms with Crippen LogP contribution in [0.3, 0.4) is 0 Å². The van der Waals surface area contributed by atoms with E-state index in [1.54, 1.807) is 12.1 Å². The van der Waals surface area contributed by atoms with E-state index in [4.69, 9.17) is 0 Å². The first-order valence-corrected chi connectivity index (χ1v) is 8.30. The van der Waals surface area contributed by atoms with Gasteiger partial charge in [-0.3, -0.25) is 9.59 Å². The number of benzene rings is 2. The van der Waals surface area contributed by atoms with E-state index < -0.39 is 0 Å². The summed E-state index contributed by atoms with van der Waals surface area (Å²) < 4.78 is 0. The standard InChI is InChI=1S/C20H25N3O2/c1-15(24)21-13-16-9-11-18(12-10-16)20(25)22-14-19(23(2)3)17-7-5-4-6-8-17/h4-12,19H,13-14H2,1-3H3,(H,21,24)(H,22,25). The minimum Gasteiger partial charge on any atom is -0.352 e. The van der Waals surface area contributed by atoms with Crippen LogP contribution >= 0.6 is 0 Å². The van der Waals surface area contributed by atoms with Gasteiger partial charge in [0.15, 0.2) is 0 Å². The van der Waals surface area contributed by atoms with E-state index in [0.717, 1.165) is 5.56 Å². The van der Waals surface area contributed by atoms with E-state index in [2.05, 4.69) is 27.7 Å². The van der Waals surface area contributed by atoms with Gasteiger partial charge in [0, 0.05) is 25.6 Å². The zero-order valence-corrected chi connectivity index (χ0v) is 15.0. The van der Waals surface area contributed by atoms with Crippen LogP contribution in [0.1, 0.15) is 34.5 Å². The summed E-state index contributed by atoms with van der Waals surface area (Å²) >= 11 is 0. The number of amides is 2. The van der Waals surface area contributed by atoms with E-state index in [0.29, 0.717) is 18.7 Å². The molecule has 0 saturated heterocycles. The van der Waals surface area contributed by atoms with E-state index in [-0.39, 0.29) is 17.9 Å². The molecule has 25 heavy (non-hydrogen) atoms. The van der Waals surface area contributed by atoms with Gasteiger partial charge >= 0.3 is 0 Å². The lowest BCUT2D eigenvalue weighted by molar-refractivity contribution is -0.119. The molecule has 2 N–H and O–H groups in total. The molecule has 5 heteroatoms. The van der Waals surface area contributed by atoms with Crippen LogP contribution < -0.4 is 10.6 Å². The third-order valence-electron chi connectivity index (χ3n) is 4.02. The largest absolute Gasteiger partial charge is 0.352 e. The quantitative estimate of drug-likeness (QED) is 0.814. The summed E-state index contributed by atoms with van der Waals surface area (Å²) in [5, 5.41) is 5.73. The molecule has 132 valence electrons. The Morgan fingerprint density at radius 1 is 0.960 bits per heavy atom. The second-order valence-corrected chi connectivity index (χ2v) is 6.21. The molecule has 0 saturated carbocycles. The van der Waals surface area contributed by atoms with Crippen LogP contribution in [0.5, 0.6) is 0 Å². The molecule has 0 aliphatic carbocycles. The third kappa shape index (κ3) is 5.72. The van der Waals surface area contributed by atoms with Crippen molar-refractivity contribution in [2.75, 3.05) is 20.6 Å². The van der Waals surface area contributed by atoms with Crippen molar-refractivity contribution < 1.29 is 9.59 Å². The van der Waals surface area contributed by atoms with Gasteiger partial charge in [0.05, 0.1) is 6.04 Å². The average Bonchev–Trinajstić information content (AvgIpc) is 2.61. The number of hydrogen-bond donors (Lipinski definition) is 2. The molecular weight excluding hydrogens is 314 g/mol. The number of carbonyl (C=O) groups excluding carboxylic acids is 2. The number of nitrogens with one attached hydrogen (secondary N) is 2. The first-order valence-electron chi connectivity index (χ1n) is 8.30. The van der Waals surface area contributed by atoms with E-state index in [9.17, 15) is 9.59 Å². The van der Waals surface area contributed by atoms with Gasteiger partial charge in [-0.05, 0) is 37.4 Å². The van der Waals surface area contributed by atoms with Crippen molar-refractivity contribution in [2.24, 2.45) is 0 Å². The van der Waals surface area contributed by atoms with Crippen molar-refractivity contribution in [1.29, 1.82) is 0 Å². The summed E-state index contributed by atoms with van der Waals surface area (Å²) in [7, 11) is 4.00. The molecule has 0 fully saturated rings. The van der Waals surface area contributed by atoms with Crippen LogP contribution in [-0.4, -0.2) is 37.4 Å². The Hall–Kier alpha value is -2.66. The maximum Gasteiger partial charge on any atom is 0.251 e. The second-order valence-electron chi connectivity index (χ2n) is 6.21. The Morgan fingerprint density at radius 3 is 2.16 bits per heavy atom. The maximum atomic E-state index is 12.4. The minimum absolute atomic E-state index is 0.0718. The summed E-state index contributed by atoms with van der Waals surface area (Å²) in [6.07, 6.45) is 0.